The molecule has 2 fully saturated rings. The quantitative estimate of drug-likeness (QED) is 0.225. The summed E-state index contributed by atoms with van der Waals surface area (Å²) >= 11 is 0. The monoisotopic (exact) mass is 590 g/mol. The van der Waals surface area contributed by atoms with Crippen molar-refractivity contribution >= 4 is 62.1 Å². The van der Waals surface area contributed by atoms with Gasteiger partial charge < -0.3 is 0 Å². The van der Waals surface area contributed by atoms with Gasteiger partial charge in [0.15, 0.2) is 6.20 Å². The van der Waals surface area contributed by atoms with Crippen LogP contribution in [0, 0.1) is 0 Å². The van der Waals surface area contributed by atoms with Crippen molar-refractivity contribution < 1.29 is 4.68 Å². The predicted octanol–water partition coefficient (Wildman–Crippen LogP) is 7.23. The van der Waals surface area contributed by atoms with E-state index < -0.39 is 9.14 Å². The molecule has 0 amide bonds. The van der Waals surface area contributed by atoms with Crippen molar-refractivity contribution in [3.8, 4) is 0 Å². The molecule has 2 heterocycles. The van der Waals surface area contributed by atoms with Crippen LogP contribution in [0.3, 0.4) is 0 Å². The van der Waals surface area contributed by atoms with E-state index in [0.29, 0.717) is 0 Å². The number of aromatic nitrogens is 2. The molecule has 0 atom stereocenters. The van der Waals surface area contributed by atoms with E-state index >= 15 is 0 Å². The number of fused-ring (bicyclic) bond motifs is 3. The minimum Gasteiger partial charge on any atom is -0.153 e. The number of nitrogens with zero attached hydrogens (tertiary/aromatic N) is 4. The first-order chi connectivity index (χ1) is 11.8. The molecule has 2 saturated carbocycles. The summed E-state index contributed by atoms with van der Waals surface area (Å²) in [6.07, 6.45) is 16.9. The summed E-state index contributed by atoms with van der Waals surface area (Å²) in [5.74, 6) is 0. The minimum absolute atomic E-state index is 0.0650. The molecule has 1 aliphatic heterocycles. The summed E-state index contributed by atoms with van der Waals surface area (Å²) in [7, 11) is 25.0. The Morgan fingerprint density at radius 3 is 1.81 bits per heavy atom. The molecule has 1 aromatic rings. The van der Waals surface area contributed by atoms with Crippen molar-refractivity contribution in [2.45, 2.75) is 75.5 Å². The SMILES string of the molecule is [Cl][Sb-]([Cl])([Cl])([Cl])([Cl])[Cl].c1cn2[n+](c1)C1(CCCCC1)N=NC21CCCCC1. The van der Waals surface area contributed by atoms with Gasteiger partial charge in [-0.15, -0.1) is 9.80 Å². The zero-order valence-electron chi connectivity index (χ0n) is 14.3. The largest absolute Gasteiger partial charge is 0.300 e. The molecule has 0 saturated heterocycles. The van der Waals surface area contributed by atoms with Gasteiger partial charge in [0.25, 0.3) is 0 Å². The van der Waals surface area contributed by atoms with Crippen LogP contribution in [0.15, 0.2) is 28.7 Å². The van der Waals surface area contributed by atoms with E-state index in [4.69, 9.17) is 63.2 Å². The number of hydrogen-bond acceptors (Lipinski definition) is 2. The Morgan fingerprint density at radius 2 is 1.27 bits per heavy atom. The molecule has 4 rings (SSSR count). The minimum atomic E-state index is -5.42. The van der Waals surface area contributed by atoms with Crippen LogP contribution in [0.5, 0.6) is 0 Å². The van der Waals surface area contributed by atoms with Crippen molar-refractivity contribution in [2.24, 2.45) is 10.2 Å². The fourth-order valence-electron chi connectivity index (χ4n) is 4.20. The molecule has 4 nitrogen and oxygen atoms in total. The van der Waals surface area contributed by atoms with Gasteiger partial charge >= 0.3 is 67.8 Å². The first-order valence-corrected chi connectivity index (χ1v) is 28.3. The van der Waals surface area contributed by atoms with E-state index in [1.165, 1.54) is 38.5 Å². The fraction of sp³-hybridized carbons (Fsp3) is 0.800. The van der Waals surface area contributed by atoms with Gasteiger partial charge in [-0.1, -0.05) is 17.5 Å². The molecule has 26 heavy (non-hydrogen) atoms. The smallest absolute Gasteiger partial charge is 0.153 e. The summed E-state index contributed by atoms with van der Waals surface area (Å²) in [6.45, 7) is 0. The zero-order chi connectivity index (χ0) is 19.2. The van der Waals surface area contributed by atoms with E-state index in [1.807, 2.05) is 0 Å². The van der Waals surface area contributed by atoms with Crippen LogP contribution in [0.4, 0.5) is 0 Å². The first-order valence-electron chi connectivity index (χ1n) is 8.91. The Labute approximate surface area is 174 Å². The molecular weight excluding hydrogens is 571 g/mol. The molecule has 11 heteroatoms. The number of halogens is 6. The standard InChI is InChI=1S/C15H23N4.6ClH.Sb/c1-3-8-14(9-4-1)16-17-15(10-5-2-6-11-15)19-13-7-12-18(14)19;;;;;;;/h7,12-13H,1-6,8-11H2;6*1H;/q+1;;;;;;;+5/p-6. The molecular formula is C15H23Cl6N4Sb. The topological polar surface area (TPSA) is 33.5 Å². The van der Waals surface area contributed by atoms with E-state index in [1.54, 1.807) is 0 Å². The number of rotatable bonds is 0. The van der Waals surface area contributed by atoms with Gasteiger partial charge in [-0.2, -0.15) is 5.11 Å². The summed E-state index contributed by atoms with van der Waals surface area (Å²) in [5.41, 5.74) is -0.130. The second kappa shape index (κ2) is 6.96. The molecule has 0 radical (unpaired) electrons. The van der Waals surface area contributed by atoms with Crippen LogP contribution in [-0.4, -0.2) is 13.8 Å². The normalized spacial score (nSPS) is 26.4. The summed E-state index contributed by atoms with van der Waals surface area (Å²) in [6, 6.07) is 2.17. The average Bonchev–Trinajstić information content (AvgIpc) is 3.03. The maximum absolute atomic E-state index is 5.42. The van der Waals surface area contributed by atoms with Gasteiger partial charge in [0.2, 0.25) is 5.66 Å². The third-order valence-electron chi connectivity index (χ3n) is 5.27. The molecule has 2 spiro atoms. The molecule has 1 aromatic heterocycles. The fourth-order valence-corrected chi connectivity index (χ4v) is 4.20. The van der Waals surface area contributed by atoms with Crippen LogP contribution >= 0.6 is 53.0 Å². The van der Waals surface area contributed by atoms with Gasteiger partial charge in [0.1, 0.15) is 0 Å². The second-order valence-corrected chi connectivity index (χ2v) is 64.3. The maximum atomic E-state index is 5.06. The Kier molecular flexibility index (Phi) is 5.91. The van der Waals surface area contributed by atoms with E-state index in [2.05, 4.69) is 27.8 Å². The van der Waals surface area contributed by atoms with Crippen LogP contribution in [0.25, 0.3) is 0 Å². The van der Waals surface area contributed by atoms with Crippen molar-refractivity contribution in [3.05, 3.63) is 18.5 Å². The van der Waals surface area contributed by atoms with Crippen LogP contribution in [0.1, 0.15) is 64.2 Å². The van der Waals surface area contributed by atoms with Crippen molar-refractivity contribution in [1.82, 2.24) is 4.68 Å². The van der Waals surface area contributed by atoms with Crippen LogP contribution in [0.2, 0.25) is 0 Å². The molecule has 150 valence electrons. The predicted molar refractivity (Wildman–Crippen MR) is 112 cm³/mol. The van der Waals surface area contributed by atoms with Gasteiger partial charge in [0, 0.05) is 18.9 Å². The number of azo groups is 1. The molecule has 0 unspecified atom stereocenters. The van der Waals surface area contributed by atoms with Gasteiger partial charge in [0.05, 0.1) is 6.20 Å². The third-order valence-corrected chi connectivity index (χ3v) is 5.27. The Bertz CT molecular complexity index is 630. The molecule has 0 aromatic carbocycles. The first kappa shape index (κ1) is 22.1. The molecule has 2 aliphatic carbocycles. The number of hydrogen-bond donors (Lipinski definition) is 0. The van der Waals surface area contributed by atoms with Crippen molar-refractivity contribution in [2.75, 3.05) is 0 Å². The second-order valence-electron chi connectivity index (χ2n) is 7.42. The summed E-state index contributed by atoms with van der Waals surface area (Å²) in [4.78, 5) is 0. The third kappa shape index (κ3) is 5.94. The van der Waals surface area contributed by atoms with Gasteiger partial charge in [-0.3, -0.25) is 0 Å². The Balaban J connectivity index is 0.000000242. The van der Waals surface area contributed by atoms with Gasteiger partial charge in [-0.25, -0.2) is 0 Å². The Morgan fingerprint density at radius 1 is 0.769 bits per heavy atom. The van der Waals surface area contributed by atoms with Crippen LogP contribution in [-0.2, 0) is 11.3 Å². The van der Waals surface area contributed by atoms with E-state index in [-0.39, 0.29) is 11.3 Å². The molecule has 0 N–H and O–H groups in total. The van der Waals surface area contributed by atoms with E-state index in [9.17, 15) is 0 Å². The maximum Gasteiger partial charge on any atom is 0.300 e. The molecule has 0 bridgehead atoms. The van der Waals surface area contributed by atoms with E-state index in [0.717, 1.165) is 25.7 Å². The Hall–Kier alpha value is 1.37. The summed E-state index contributed by atoms with van der Waals surface area (Å²) in [5, 5.41) is 9.76. The summed E-state index contributed by atoms with van der Waals surface area (Å²) < 4.78 is 4.81. The van der Waals surface area contributed by atoms with Crippen molar-refractivity contribution in [1.29, 1.82) is 0 Å². The molecule has 3 aliphatic rings. The van der Waals surface area contributed by atoms with Gasteiger partial charge in [-0.05, 0) is 38.5 Å². The zero-order valence-corrected chi connectivity index (χ0v) is 21.4. The van der Waals surface area contributed by atoms with Crippen molar-refractivity contribution in [3.63, 3.8) is 0 Å². The van der Waals surface area contributed by atoms with Crippen LogP contribution < -0.4 is 4.68 Å². The average molecular weight is 594 g/mol.